The van der Waals surface area contributed by atoms with E-state index in [9.17, 15) is 0 Å². The van der Waals surface area contributed by atoms with Crippen LogP contribution in [0.3, 0.4) is 0 Å². The van der Waals surface area contributed by atoms with Crippen LogP contribution in [0.5, 0.6) is 5.88 Å². The number of halogens is 2. The molecule has 0 atom stereocenters. The van der Waals surface area contributed by atoms with Crippen LogP contribution in [0.1, 0.15) is 12.8 Å². The molecule has 144 valence electrons. The molecule has 1 aromatic heterocycles. The van der Waals surface area contributed by atoms with Gasteiger partial charge in [-0.25, -0.2) is 9.97 Å². The first-order valence-electron chi connectivity index (χ1n) is 9.41. The van der Waals surface area contributed by atoms with Gasteiger partial charge in [0.1, 0.15) is 5.69 Å². The minimum atomic E-state index is 0.584. The van der Waals surface area contributed by atoms with E-state index in [1.807, 2.05) is 0 Å². The van der Waals surface area contributed by atoms with Gasteiger partial charge in [-0.15, -0.1) is 0 Å². The molecule has 1 saturated heterocycles. The Morgan fingerprint density at radius 1 is 0.857 bits per heavy atom. The lowest BCUT2D eigenvalue weighted by atomic mass is 9.99. The Balaban J connectivity index is 1.65. The monoisotopic (exact) mass is 597 g/mol. The topological polar surface area (TPSA) is 47.0 Å². The predicted octanol–water partition coefficient (Wildman–Crippen LogP) is 5.40. The van der Waals surface area contributed by atoms with Crippen molar-refractivity contribution >= 4 is 45.2 Å². The first-order valence-corrected chi connectivity index (χ1v) is 11.6. The number of hydrogen-bond acceptors (Lipinski definition) is 4. The van der Waals surface area contributed by atoms with E-state index in [-0.39, 0.29) is 0 Å². The first kappa shape index (κ1) is 20.0. The van der Waals surface area contributed by atoms with Crippen LogP contribution in [-0.4, -0.2) is 29.7 Å². The maximum Gasteiger partial charge on any atom is 0.232 e. The minimum absolute atomic E-state index is 0.584. The van der Waals surface area contributed by atoms with Gasteiger partial charge in [0, 0.05) is 18.3 Å². The van der Waals surface area contributed by atoms with Gasteiger partial charge in [0.15, 0.2) is 0 Å². The Hall–Kier alpha value is -1.26. The number of ether oxygens (including phenoxy) is 1. The highest BCUT2D eigenvalue weighted by molar-refractivity contribution is 14.1. The van der Waals surface area contributed by atoms with Gasteiger partial charge in [0.25, 0.3) is 0 Å². The minimum Gasteiger partial charge on any atom is -0.476 e. The summed E-state index contributed by atoms with van der Waals surface area (Å²) in [5.74, 6) is 1.18. The van der Waals surface area contributed by atoms with Gasteiger partial charge in [-0.1, -0.05) is 24.3 Å². The smallest absolute Gasteiger partial charge is 0.232 e. The highest BCUT2D eigenvalue weighted by Crippen LogP contribution is 2.31. The largest absolute Gasteiger partial charge is 0.476 e. The summed E-state index contributed by atoms with van der Waals surface area (Å²) in [5.41, 5.74) is 3.85. The number of hydrogen-bond donors (Lipinski definition) is 1. The van der Waals surface area contributed by atoms with E-state index >= 15 is 0 Å². The number of rotatable bonds is 5. The SMILES string of the molecule is Ic1ccc(-c2ncc(OCC3CCNCC3)nc2-c2ccc(I)cc2)cc1. The molecule has 0 unspecified atom stereocenters. The summed E-state index contributed by atoms with van der Waals surface area (Å²) in [4.78, 5) is 9.59. The van der Waals surface area contributed by atoms with Crippen molar-refractivity contribution in [1.82, 2.24) is 15.3 Å². The van der Waals surface area contributed by atoms with Gasteiger partial charge in [-0.2, -0.15) is 0 Å². The van der Waals surface area contributed by atoms with E-state index in [1.165, 1.54) is 7.14 Å². The van der Waals surface area contributed by atoms with Crippen molar-refractivity contribution in [3.63, 3.8) is 0 Å². The second-order valence-corrected chi connectivity index (χ2v) is 9.41. The van der Waals surface area contributed by atoms with Crippen molar-refractivity contribution in [2.75, 3.05) is 19.7 Å². The molecule has 0 bridgehead atoms. The normalized spacial score (nSPS) is 14.8. The molecule has 2 aromatic carbocycles. The van der Waals surface area contributed by atoms with E-state index in [0.29, 0.717) is 18.4 Å². The lowest BCUT2D eigenvalue weighted by Gasteiger charge is -2.22. The van der Waals surface area contributed by atoms with Crippen molar-refractivity contribution < 1.29 is 4.74 Å². The van der Waals surface area contributed by atoms with Crippen molar-refractivity contribution in [3.05, 3.63) is 61.9 Å². The van der Waals surface area contributed by atoms with E-state index in [4.69, 9.17) is 14.7 Å². The molecular formula is C22H21I2N3O. The summed E-state index contributed by atoms with van der Waals surface area (Å²) < 4.78 is 8.44. The molecule has 4 rings (SSSR count). The lowest BCUT2D eigenvalue weighted by molar-refractivity contribution is 0.208. The van der Waals surface area contributed by atoms with Crippen LogP contribution in [0, 0.1) is 13.1 Å². The number of benzene rings is 2. The summed E-state index contributed by atoms with van der Waals surface area (Å²) in [6, 6.07) is 16.8. The van der Waals surface area contributed by atoms with Gasteiger partial charge in [-0.05, 0) is 101 Å². The Morgan fingerprint density at radius 3 is 2.04 bits per heavy atom. The standard InChI is InChI=1S/C22H21I2N3O/c23-18-5-1-16(2-6-18)21-22(17-3-7-19(24)8-4-17)27-20(13-26-21)28-14-15-9-11-25-12-10-15/h1-8,13,15,25H,9-12,14H2. The molecule has 4 nitrogen and oxygen atoms in total. The van der Waals surface area contributed by atoms with Crippen LogP contribution >= 0.6 is 45.2 Å². The fourth-order valence-electron chi connectivity index (χ4n) is 3.32. The third-order valence-corrected chi connectivity index (χ3v) is 6.35. The van der Waals surface area contributed by atoms with Gasteiger partial charge in [0.2, 0.25) is 5.88 Å². The average molecular weight is 597 g/mol. The molecule has 3 aromatic rings. The van der Waals surface area contributed by atoms with Crippen LogP contribution in [-0.2, 0) is 0 Å². The summed E-state index contributed by atoms with van der Waals surface area (Å²) in [5, 5.41) is 3.39. The van der Waals surface area contributed by atoms with Crippen molar-refractivity contribution in [2.45, 2.75) is 12.8 Å². The molecular weight excluding hydrogens is 576 g/mol. The zero-order valence-electron chi connectivity index (χ0n) is 15.4. The summed E-state index contributed by atoms with van der Waals surface area (Å²) in [6.45, 7) is 2.84. The van der Waals surface area contributed by atoms with E-state index < -0.39 is 0 Å². The number of piperidine rings is 1. The van der Waals surface area contributed by atoms with Crippen LogP contribution in [0.25, 0.3) is 22.5 Å². The zero-order chi connectivity index (χ0) is 19.3. The molecule has 0 saturated carbocycles. The highest BCUT2D eigenvalue weighted by Gasteiger charge is 2.16. The summed E-state index contributed by atoms with van der Waals surface area (Å²) >= 11 is 4.63. The molecule has 0 radical (unpaired) electrons. The van der Waals surface area contributed by atoms with Crippen LogP contribution in [0.4, 0.5) is 0 Å². The van der Waals surface area contributed by atoms with Crippen molar-refractivity contribution in [3.8, 4) is 28.4 Å². The fourth-order valence-corrected chi connectivity index (χ4v) is 4.04. The maximum absolute atomic E-state index is 6.04. The molecule has 0 amide bonds. The second kappa shape index (κ2) is 9.49. The molecule has 6 heteroatoms. The first-order chi connectivity index (χ1) is 13.7. The fraction of sp³-hybridized carbons (Fsp3) is 0.273. The third kappa shape index (κ3) is 5.01. The highest BCUT2D eigenvalue weighted by atomic mass is 127. The Bertz CT molecular complexity index is 924. The third-order valence-electron chi connectivity index (χ3n) is 4.91. The Labute approximate surface area is 192 Å². The molecule has 1 aliphatic rings. The molecule has 2 heterocycles. The van der Waals surface area contributed by atoms with Crippen molar-refractivity contribution in [1.29, 1.82) is 0 Å². The Morgan fingerprint density at radius 2 is 1.43 bits per heavy atom. The predicted molar refractivity (Wildman–Crippen MR) is 129 cm³/mol. The zero-order valence-corrected chi connectivity index (χ0v) is 19.7. The molecule has 0 aliphatic carbocycles. The molecule has 0 spiro atoms. The lowest BCUT2D eigenvalue weighted by Crippen LogP contribution is -2.30. The van der Waals surface area contributed by atoms with Gasteiger partial charge < -0.3 is 10.1 Å². The summed E-state index contributed by atoms with van der Waals surface area (Å²) in [6.07, 6.45) is 4.06. The summed E-state index contributed by atoms with van der Waals surface area (Å²) in [7, 11) is 0. The van der Waals surface area contributed by atoms with E-state index in [1.54, 1.807) is 6.20 Å². The quantitative estimate of drug-likeness (QED) is 0.401. The Kier molecular flexibility index (Phi) is 6.79. The molecule has 1 aliphatic heterocycles. The van der Waals surface area contributed by atoms with Gasteiger partial charge in [-0.3, -0.25) is 0 Å². The molecule has 28 heavy (non-hydrogen) atoms. The maximum atomic E-state index is 6.04. The number of nitrogens with zero attached hydrogens (tertiary/aromatic N) is 2. The van der Waals surface area contributed by atoms with Crippen LogP contribution in [0.2, 0.25) is 0 Å². The van der Waals surface area contributed by atoms with Crippen molar-refractivity contribution in [2.24, 2.45) is 5.92 Å². The van der Waals surface area contributed by atoms with Crippen LogP contribution < -0.4 is 10.1 Å². The van der Waals surface area contributed by atoms with Gasteiger partial charge in [0.05, 0.1) is 18.5 Å². The van der Waals surface area contributed by atoms with E-state index in [2.05, 4.69) is 99.0 Å². The van der Waals surface area contributed by atoms with Crippen LogP contribution in [0.15, 0.2) is 54.7 Å². The molecule has 1 fully saturated rings. The average Bonchev–Trinajstić information content (AvgIpc) is 2.74. The van der Waals surface area contributed by atoms with Gasteiger partial charge >= 0.3 is 0 Å². The number of nitrogens with one attached hydrogen (secondary N) is 1. The molecule has 1 N–H and O–H groups in total. The number of aromatic nitrogens is 2. The second-order valence-electron chi connectivity index (χ2n) is 6.92. The van der Waals surface area contributed by atoms with E-state index in [0.717, 1.165) is 48.4 Å².